The number of hydrogen-bond acceptors (Lipinski definition) is 18. The van der Waals surface area contributed by atoms with Gasteiger partial charge in [0.15, 0.2) is 11.9 Å². The number of allylic oxidation sites excluding steroid dienone is 4. The Bertz CT molecular complexity index is 3490. The number of nitrogens with two attached hydrogens (primary N) is 1. The van der Waals surface area contributed by atoms with Gasteiger partial charge in [-0.2, -0.15) is 30.0 Å². The van der Waals surface area contributed by atoms with Crippen LogP contribution >= 0.6 is 23.5 Å². The summed E-state index contributed by atoms with van der Waals surface area (Å²) in [5.41, 5.74) is 10.0. The van der Waals surface area contributed by atoms with E-state index in [9.17, 15) is 64.4 Å². The van der Waals surface area contributed by atoms with E-state index in [1.54, 1.807) is 24.3 Å². The molecule has 32 heteroatoms. The minimum atomic E-state index is -5.83. The van der Waals surface area contributed by atoms with E-state index in [-0.39, 0.29) is 40.1 Å². The molecule has 0 aliphatic carbocycles. The number of nitrogens with zero attached hydrogens (tertiary/aromatic N) is 5. The molecule has 5 heterocycles. The molecule has 2 aromatic heterocycles. The van der Waals surface area contributed by atoms with Gasteiger partial charge < -0.3 is 55.0 Å². The van der Waals surface area contributed by atoms with Gasteiger partial charge in [0.05, 0.1) is 27.2 Å². The summed E-state index contributed by atoms with van der Waals surface area (Å²) in [5.74, 6) is -0.236. The van der Waals surface area contributed by atoms with Crippen molar-refractivity contribution in [2.45, 2.75) is 105 Å². The molecule has 0 saturated carbocycles. The number of anilines is 2. The van der Waals surface area contributed by atoms with E-state index in [1.165, 1.54) is 35.0 Å². The van der Waals surface area contributed by atoms with Crippen LogP contribution in [0.1, 0.15) is 83.2 Å². The fourth-order valence-corrected chi connectivity index (χ4v) is 13.7. The van der Waals surface area contributed by atoms with Crippen molar-refractivity contribution in [2.24, 2.45) is 0 Å². The molecule has 3 aliphatic rings. The minimum absolute atomic E-state index is 0.0144. The summed E-state index contributed by atoms with van der Waals surface area (Å²) in [7, 11) is -26.0. The number of rotatable bonds is 22. The molecule has 0 spiro atoms. The second kappa shape index (κ2) is 22.3. The summed E-state index contributed by atoms with van der Waals surface area (Å²) in [6.07, 6.45) is 6.96. The first-order chi connectivity index (χ1) is 35.7. The number of phosphoric acid groups is 3. The number of hydrogen-bond donors (Lipinski definition) is 10. The Balaban J connectivity index is 0.984. The fourth-order valence-electron chi connectivity index (χ4n) is 9.65. The molecule has 3 aliphatic heterocycles. The van der Waals surface area contributed by atoms with Gasteiger partial charge in [0, 0.05) is 72.2 Å². The van der Waals surface area contributed by atoms with Crippen LogP contribution in [-0.4, -0.2) is 131 Å². The van der Waals surface area contributed by atoms with Crippen molar-refractivity contribution in [2.75, 3.05) is 36.9 Å². The predicted octanol–water partition coefficient (Wildman–Crippen LogP) is 4.49. The third-order valence-corrected chi connectivity index (χ3v) is 18.7. The number of unbranched alkanes of at least 4 members (excludes halogenated alkanes) is 2. The van der Waals surface area contributed by atoms with Gasteiger partial charge in [-0.15, -0.1) is 0 Å². The highest BCUT2D eigenvalue weighted by Gasteiger charge is 2.48. The Morgan fingerprint density at radius 1 is 0.883 bits per heavy atom. The highest BCUT2D eigenvalue weighted by atomic mass is 32.2. The molecule has 4 aromatic rings. The molecular formula is C45H59N7O20P3S2+. The molecule has 0 bridgehead atoms. The van der Waals surface area contributed by atoms with Crippen molar-refractivity contribution in [3.8, 4) is 0 Å². The second-order valence-corrected chi connectivity index (χ2v) is 26.4. The first-order valence-corrected chi connectivity index (χ1v) is 31.0. The maximum atomic E-state index is 13.0. The summed E-state index contributed by atoms with van der Waals surface area (Å²) in [4.78, 5) is 59.7. The third kappa shape index (κ3) is 13.3. The van der Waals surface area contributed by atoms with E-state index in [0.717, 1.165) is 34.7 Å². The average Bonchev–Trinajstić information content (AvgIpc) is 3.97. The van der Waals surface area contributed by atoms with Gasteiger partial charge >= 0.3 is 23.5 Å². The Kier molecular flexibility index (Phi) is 17.3. The van der Waals surface area contributed by atoms with Crippen LogP contribution in [0.25, 0.3) is 17.1 Å². The van der Waals surface area contributed by atoms with Crippen molar-refractivity contribution in [1.29, 1.82) is 0 Å². The number of fused-ring (bicyclic) bond motifs is 3. The van der Waals surface area contributed by atoms with Gasteiger partial charge in [0.25, 0.3) is 20.2 Å². The lowest BCUT2D eigenvalue weighted by atomic mass is 9.81. The second-order valence-electron chi connectivity index (χ2n) is 19.1. The van der Waals surface area contributed by atoms with E-state index in [0.29, 0.717) is 48.9 Å². The average molecular weight is 1180 g/mol. The molecule has 420 valence electrons. The van der Waals surface area contributed by atoms with Gasteiger partial charge in [0.1, 0.15) is 42.6 Å². The number of phosphoric ester groups is 1. The van der Waals surface area contributed by atoms with Crippen LogP contribution in [0.2, 0.25) is 0 Å². The zero-order chi connectivity index (χ0) is 56.8. The Morgan fingerprint density at radius 2 is 1.55 bits per heavy atom. The maximum Gasteiger partial charge on any atom is 0.490 e. The normalized spacial score (nSPS) is 22.6. The van der Waals surface area contributed by atoms with Crippen LogP contribution in [0.3, 0.4) is 0 Å². The lowest BCUT2D eigenvalue weighted by Crippen LogP contribution is -2.33. The number of ether oxygens (including phenoxy) is 1. The molecule has 6 atom stereocenters. The molecule has 2 aromatic carbocycles. The van der Waals surface area contributed by atoms with Crippen molar-refractivity contribution in [3.63, 3.8) is 0 Å². The topological polar surface area (TPSA) is 410 Å². The van der Waals surface area contributed by atoms with Gasteiger partial charge in [-0.25, -0.2) is 23.7 Å². The number of aromatic nitrogens is 3. The highest BCUT2D eigenvalue weighted by molar-refractivity contribution is 7.86. The van der Waals surface area contributed by atoms with Crippen LogP contribution in [0, 0.1) is 0 Å². The Labute approximate surface area is 442 Å². The molecule has 6 unspecified atom stereocenters. The van der Waals surface area contributed by atoms with Crippen LogP contribution in [-0.2, 0) is 67.4 Å². The van der Waals surface area contributed by atoms with Gasteiger partial charge in [-0.3, -0.25) is 18.4 Å². The highest BCUT2D eigenvalue weighted by Crippen LogP contribution is 2.66. The van der Waals surface area contributed by atoms with Crippen LogP contribution in [0.5, 0.6) is 0 Å². The summed E-state index contributed by atoms with van der Waals surface area (Å²) in [6, 6.07) is 8.99. The lowest BCUT2D eigenvalue weighted by molar-refractivity contribution is -0.438. The molecule has 27 nitrogen and oxygen atoms in total. The summed E-state index contributed by atoms with van der Waals surface area (Å²) < 4.78 is 124. The zero-order valence-corrected chi connectivity index (χ0v) is 46.2. The van der Waals surface area contributed by atoms with Crippen molar-refractivity contribution in [3.05, 3.63) is 95.6 Å². The van der Waals surface area contributed by atoms with Gasteiger partial charge in [0.2, 0.25) is 11.6 Å². The maximum absolute atomic E-state index is 13.0. The lowest BCUT2D eigenvalue weighted by Gasteiger charge is -2.25. The van der Waals surface area contributed by atoms with Crippen molar-refractivity contribution >= 4 is 89.6 Å². The number of benzene rings is 2. The molecule has 0 radical (unpaired) electrons. The minimum Gasteiger partial charge on any atom is -0.387 e. The molecular weight excluding hydrogens is 1120 g/mol. The molecule has 7 rings (SSSR count). The zero-order valence-electron chi connectivity index (χ0n) is 41.9. The standard InChI is InChI=1S/C45H58N7O20P3S2/c1-6-50-32-18-16-28(76(63,64)65)22-30(32)44(2,3)35(50)13-10-14-36-45(4,5)31-23-29(77(66,67)68)17-19-33(31)51(36)21-9-7-8-15-37(53)47-20-11-12-27-24-52(42-38(27)41(46)48-26-49-42)43-40(55)39(54)34(70-43)25-69-74(59,60)72-75(61,62)71-73(56,57)58/h10-14,16-19,22-24,26,34,39-40,43,54-55H,6-9,15,20-21,25H2,1-5H3,(H8-,46,47,48,49,53,56,57,58,59,60,61,62,63,64,65,66,67,68)/p+1. The smallest absolute Gasteiger partial charge is 0.387 e. The third-order valence-electron chi connectivity index (χ3n) is 13.2. The van der Waals surface area contributed by atoms with E-state index in [4.69, 9.17) is 20.3 Å². The van der Waals surface area contributed by atoms with E-state index >= 15 is 0 Å². The first kappa shape index (κ1) is 59.8. The number of aliphatic hydroxyl groups excluding tert-OH is 2. The van der Waals surface area contributed by atoms with Crippen molar-refractivity contribution < 1.29 is 96.7 Å². The van der Waals surface area contributed by atoms with Crippen molar-refractivity contribution in [1.82, 2.24) is 19.9 Å². The number of likely N-dealkylation sites (N-methyl/N-ethyl adjacent to an activating group) is 1. The molecule has 1 saturated heterocycles. The quantitative estimate of drug-likeness (QED) is 0.0224. The van der Waals surface area contributed by atoms with Crippen LogP contribution < -0.4 is 16.0 Å². The molecule has 1 amide bonds. The van der Waals surface area contributed by atoms with Gasteiger partial charge in [-0.05, 0) is 75.6 Å². The summed E-state index contributed by atoms with van der Waals surface area (Å²) >= 11 is 0. The number of nitrogens with one attached hydrogen (secondary N) is 1. The van der Waals surface area contributed by atoms with Crippen LogP contribution in [0.4, 0.5) is 17.2 Å². The molecule has 11 N–H and O–H groups in total. The number of nitrogen functional groups attached to an aromatic ring is 1. The van der Waals surface area contributed by atoms with E-state index in [1.807, 2.05) is 52.8 Å². The Hall–Kier alpha value is -4.87. The number of carbonyl (C=O) groups is 1. The SMILES string of the molecule is CCN1C(=CC=CC2=[N+](CCCCCC(=O)NCC=Cc3cn(C4OC(COP(=O)(O)OP(=O)(O)OP(=O)(O)O)C(O)C4O)c4ncnc(N)c34)c3ccc(S(=O)(=O)O)cc3C2(C)C)C(C)(C)c2cc(S(=O)(=O)O)ccc21. The Morgan fingerprint density at radius 3 is 2.19 bits per heavy atom. The van der Waals surface area contributed by atoms with E-state index < -0.39 is 85.7 Å². The summed E-state index contributed by atoms with van der Waals surface area (Å²) in [6.45, 7) is 9.88. The number of carbonyl (C=O) groups excluding carboxylic acids is 1. The van der Waals surface area contributed by atoms with Gasteiger partial charge in [-0.1, -0.05) is 32.1 Å². The summed E-state index contributed by atoms with van der Waals surface area (Å²) in [5, 5.41) is 24.8. The largest absolute Gasteiger partial charge is 0.490 e. The fraction of sp³-hybridized carbons (Fsp3) is 0.422. The number of amides is 1. The molecule has 77 heavy (non-hydrogen) atoms. The monoisotopic (exact) mass is 1170 g/mol. The predicted molar refractivity (Wildman–Crippen MR) is 277 cm³/mol. The molecule has 1 fully saturated rings. The van der Waals surface area contributed by atoms with Crippen LogP contribution in [0.15, 0.2) is 88.7 Å². The first-order valence-electron chi connectivity index (χ1n) is 23.6. The van der Waals surface area contributed by atoms with E-state index in [2.05, 4.69) is 37.9 Å². The number of aliphatic hydroxyl groups is 2.